The molecule has 0 amide bonds. The number of alkyl halides is 1. The van der Waals surface area contributed by atoms with Crippen molar-refractivity contribution in [1.29, 1.82) is 0 Å². The van der Waals surface area contributed by atoms with Crippen LogP contribution in [0.25, 0.3) is 11.0 Å². The van der Waals surface area contributed by atoms with Gasteiger partial charge in [0.05, 0.1) is 18.0 Å². The fourth-order valence-corrected chi connectivity index (χ4v) is 4.48. The number of rotatable bonds is 7. The molecule has 3 heterocycles. The van der Waals surface area contributed by atoms with Crippen LogP contribution in [0.1, 0.15) is 19.4 Å². The Morgan fingerprint density at radius 2 is 2.32 bits per heavy atom. The average molecular weight is 508 g/mol. The first kappa shape index (κ1) is 21.0. The maximum atomic E-state index is 15.9. The van der Waals surface area contributed by atoms with Gasteiger partial charge in [0.2, 0.25) is 0 Å². The Morgan fingerprint density at radius 1 is 1.57 bits per heavy atom. The van der Waals surface area contributed by atoms with Crippen molar-refractivity contribution >= 4 is 45.6 Å². The summed E-state index contributed by atoms with van der Waals surface area (Å²) in [7, 11) is 0. The van der Waals surface area contributed by atoms with E-state index in [4.69, 9.17) is 20.3 Å². The number of carboxylic acid groups (broad SMARTS) is 1. The van der Waals surface area contributed by atoms with Crippen LogP contribution in [0.2, 0.25) is 0 Å². The SMILES string of the molecule is CC(CO)C(OC(=O)O)C(F)C(C1CCOC1)n1cc(I)c2c(N)ncnc21. The van der Waals surface area contributed by atoms with Crippen LogP contribution < -0.4 is 5.73 Å². The van der Waals surface area contributed by atoms with E-state index in [0.717, 1.165) is 3.57 Å². The van der Waals surface area contributed by atoms with Gasteiger partial charge < -0.3 is 30.0 Å². The molecule has 0 aliphatic carbocycles. The second-order valence-corrected chi connectivity index (χ2v) is 8.07. The fraction of sp³-hybridized carbons (Fsp3) is 0.588. The van der Waals surface area contributed by atoms with Crippen LogP contribution in [0.4, 0.5) is 15.0 Å². The van der Waals surface area contributed by atoms with Crippen molar-refractivity contribution in [2.45, 2.75) is 31.7 Å². The predicted molar refractivity (Wildman–Crippen MR) is 107 cm³/mol. The van der Waals surface area contributed by atoms with Gasteiger partial charge in [-0.25, -0.2) is 19.2 Å². The van der Waals surface area contributed by atoms with Crippen LogP contribution in [0, 0.1) is 15.4 Å². The molecule has 1 aliphatic rings. The van der Waals surface area contributed by atoms with Crippen molar-refractivity contribution in [3.63, 3.8) is 0 Å². The standard InChI is InChI=1S/C17H22FIN4O5/c1-8(5-24)14(28-17(25)26)12(18)13(9-2-3-27-6-9)23-4-10(19)11-15(20)21-7-22-16(11)23/h4,7-9,12-14,24H,2-3,5-6H2,1H3,(H,25,26)(H2,20,21,22). The predicted octanol–water partition coefficient (Wildman–Crippen LogP) is 2.23. The lowest BCUT2D eigenvalue weighted by Crippen LogP contribution is -2.43. The Hall–Kier alpha value is -1.73. The Morgan fingerprint density at radius 3 is 2.93 bits per heavy atom. The average Bonchev–Trinajstić information content (AvgIpc) is 3.29. The number of aliphatic hydroxyl groups excluding tert-OH is 1. The maximum Gasteiger partial charge on any atom is 0.506 e. The summed E-state index contributed by atoms with van der Waals surface area (Å²) in [5, 5.41) is 19.2. The Balaban J connectivity index is 2.09. The van der Waals surface area contributed by atoms with Crippen molar-refractivity contribution in [1.82, 2.24) is 14.5 Å². The largest absolute Gasteiger partial charge is 0.506 e. The Kier molecular flexibility index (Phi) is 6.55. The number of anilines is 1. The van der Waals surface area contributed by atoms with E-state index in [1.165, 1.54) is 6.33 Å². The molecule has 0 bridgehead atoms. The van der Waals surface area contributed by atoms with E-state index in [9.17, 15) is 9.90 Å². The molecule has 4 N–H and O–H groups in total. The summed E-state index contributed by atoms with van der Waals surface area (Å²) >= 11 is 2.08. The highest BCUT2D eigenvalue weighted by atomic mass is 127. The Bertz CT molecular complexity index is 844. The second kappa shape index (κ2) is 8.74. The number of nitrogens with two attached hydrogens (primary N) is 1. The lowest BCUT2D eigenvalue weighted by Gasteiger charge is -2.34. The molecular weight excluding hydrogens is 486 g/mol. The van der Waals surface area contributed by atoms with Gasteiger partial charge in [-0.2, -0.15) is 0 Å². The summed E-state index contributed by atoms with van der Waals surface area (Å²) in [5.41, 5.74) is 6.43. The van der Waals surface area contributed by atoms with Gasteiger partial charge in [-0.1, -0.05) is 6.92 Å². The van der Waals surface area contributed by atoms with Crippen LogP contribution in [-0.4, -0.2) is 63.0 Å². The van der Waals surface area contributed by atoms with Crippen molar-refractivity contribution in [3.05, 3.63) is 16.1 Å². The van der Waals surface area contributed by atoms with Gasteiger partial charge >= 0.3 is 6.16 Å². The topological polar surface area (TPSA) is 133 Å². The van der Waals surface area contributed by atoms with E-state index in [2.05, 4.69) is 32.6 Å². The number of carbonyl (C=O) groups is 1. The molecule has 0 aromatic carbocycles. The zero-order valence-electron chi connectivity index (χ0n) is 15.2. The van der Waals surface area contributed by atoms with Crippen molar-refractivity contribution in [2.75, 3.05) is 25.6 Å². The van der Waals surface area contributed by atoms with E-state index in [-0.39, 0.29) is 11.7 Å². The molecule has 11 heteroatoms. The van der Waals surface area contributed by atoms with Gasteiger partial charge in [-0.05, 0) is 29.0 Å². The van der Waals surface area contributed by atoms with Gasteiger partial charge in [0.15, 0.2) is 6.17 Å². The number of nitrogen functional groups attached to an aromatic ring is 1. The third kappa shape index (κ3) is 4.01. The Labute approximate surface area is 174 Å². The van der Waals surface area contributed by atoms with E-state index in [0.29, 0.717) is 30.7 Å². The molecule has 5 unspecified atom stereocenters. The third-order valence-corrected chi connectivity index (χ3v) is 5.91. The fourth-order valence-electron chi connectivity index (χ4n) is 3.66. The zero-order valence-corrected chi connectivity index (χ0v) is 17.3. The molecule has 2 aromatic rings. The van der Waals surface area contributed by atoms with Crippen LogP contribution in [0.5, 0.6) is 0 Å². The molecule has 3 rings (SSSR count). The van der Waals surface area contributed by atoms with Crippen LogP contribution in [0.15, 0.2) is 12.5 Å². The first-order chi connectivity index (χ1) is 13.3. The van der Waals surface area contributed by atoms with Crippen LogP contribution >= 0.6 is 22.6 Å². The maximum absolute atomic E-state index is 15.9. The minimum absolute atomic E-state index is 0.219. The summed E-state index contributed by atoms with van der Waals surface area (Å²) in [6.45, 7) is 1.95. The first-order valence-corrected chi connectivity index (χ1v) is 9.91. The van der Waals surface area contributed by atoms with Gasteiger partial charge in [0, 0.05) is 34.8 Å². The highest BCUT2D eigenvalue weighted by Crippen LogP contribution is 2.38. The highest BCUT2D eigenvalue weighted by Gasteiger charge is 2.43. The molecule has 1 fully saturated rings. The molecule has 1 saturated heterocycles. The quantitative estimate of drug-likeness (QED) is 0.383. The van der Waals surface area contributed by atoms with E-state index < -0.39 is 37.0 Å². The van der Waals surface area contributed by atoms with Gasteiger partial charge in [-0.3, -0.25) is 0 Å². The van der Waals surface area contributed by atoms with Crippen molar-refractivity contribution < 1.29 is 28.9 Å². The monoisotopic (exact) mass is 508 g/mol. The number of hydrogen-bond donors (Lipinski definition) is 3. The lowest BCUT2D eigenvalue weighted by molar-refractivity contribution is -0.0476. The zero-order chi connectivity index (χ0) is 20.4. The summed E-state index contributed by atoms with van der Waals surface area (Å²) in [6.07, 6.45) is -1.02. The number of aliphatic hydroxyl groups is 1. The van der Waals surface area contributed by atoms with Crippen molar-refractivity contribution in [3.8, 4) is 0 Å². The van der Waals surface area contributed by atoms with Crippen LogP contribution in [-0.2, 0) is 9.47 Å². The molecule has 154 valence electrons. The normalized spacial score (nSPS) is 21.4. The van der Waals surface area contributed by atoms with Gasteiger partial charge in [0.25, 0.3) is 0 Å². The molecular formula is C17H22FIN4O5. The van der Waals surface area contributed by atoms with Gasteiger partial charge in [0.1, 0.15) is 23.9 Å². The number of ether oxygens (including phenoxy) is 2. The number of halogens is 2. The molecule has 9 nitrogen and oxygen atoms in total. The number of fused-ring (bicyclic) bond motifs is 1. The van der Waals surface area contributed by atoms with Crippen LogP contribution in [0.3, 0.4) is 0 Å². The molecule has 28 heavy (non-hydrogen) atoms. The minimum atomic E-state index is -1.73. The smallest absolute Gasteiger partial charge is 0.450 e. The minimum Gasteiger partial charge on any atom is -0.450 e. The third-order valence-electron chi connectivity index (χ3n) is 5.09. The van der Waals surface area contributed by atoms with Crippen molar-refractivity contribution in [2.24, 2.45) is 11.8 Å². The lowest BCUT2D eigenvalue weighted by atomic mass is 9.88. The summed E-state index contributed by atoms with van der Waals surface area (Å²) in [6, 6.07) is -0.804. The molecule has 0 saturated carbocycles. The number of aromatic nitrogens is 3. The first-order valence-electron chi connectivity index (χ1n) is 8.83. The summed E-state index contributed by atoms with van der Waals surface area (Å²) < 4.78 is 28.6. The molecule has 2 aromatic heterocycles. The van der Waals surface area contributed by atoms with E-state index in [1.807, 2.05) is 0 Å². The molecule has 1 aliphatic heterocycles. The highest BCUT2D eigenvalue weighted by molar-refractivity contribution is 14.1. The second-order valence-electron chi connectivity index (χ2n) is 6.91. The number of hydrogen-bond acceptors (Lipinski definition) is 7. The summed E-state index contributed by atoms with van der Waals surface area (Å²) in [5.74, 6) is -0.660. The van der Waals surface area contributed by atoms with E-state index >= 15 is 4.39 Å². The molecule has 0 radical (unpaired) electrons. The summed E-state index contributed by atoms with van der Waals surface area (Å²) in [4.78, 5) is 19.4. The van der Waals surface area contributed by atoms with E-state index in [1.54, 1.807) is 17.7 Å². The molecule has 0 spiro atoms. The molecule has 5 atom stereocenters. The van der Waals surface area contributed by atoms with Gasteiger partial charge in [-0.15, -0.1) is 0 Å². The number of nitrogens with zero attached hydrogens (tertiary/aromatic N) is 3.